The third kappa shape index (κ3) is 7.40. The van der Waals surface area contributed by atoms with Crippen LogP contribution in [0.15, 0.2) is 0 Å². The van der Waals surface area contributed by atoms with E-state index in [9.17, 15) is 0 Å². The molecule has 1 nitrogen and oxygen atoms in total. The van der Waals surface area contributed by atoms with E-state index in [4.69, 9.17) is 0 Å². The summed E-state index contributed by atoms with van der Waals surface area (Å²) in [6, 6.07) is 0. The van der Waals surface area contributed by atoms with Crippen LogP contribution in [0.5, 0.6) is 0 Å². The van der Waals surface area contributed by atoms with Gasteiger partial charge < -0.3 is 4.90 Å². The second kappa shape index (κ2) is 9.13. The Balaban J connectivity index is 3.34. The Morgan fingerprint density at radius 3 is 2.00 bits per heavy atom. The molecular formula is C8H18INS. The van der Waals surface area contributed by atoms with Crippen molar-refractivity contribution < 1.29 is 0 Å². The topological polar surface area (TPSA) is 3.24 Å². The van der Waals surface area contributed by atoms with Gasteiger partial charge >= 0.3 is 0 Å². The molecule has 68 valence electrons. The second-order valence-electron chi connectivity index (χ2n) is 2.65. The highest BCUT2D eigenvalue weighted by Gasteiger charge is 2.00. The van der Waals surface area contributed by atoms with Crippen LogP contribution in [0.2, 0.25) is 0 Å². The molecule has 0 heterocycles. The third-order valence-corrected chi connectivity index (χ3v) is 3.22. The molecule has 3 heteroatoms. The quantitative estimate of drug-likeness (QED) is 0.662. The molecule has 0 atom stereocenters. The van der Waals surface area contributed by atoms with E-state index in [1.54, 1.807) is 0 Å². The van der Waals surface area contributed by atoms with Crippen molar-refractivity contribution in [1.82, 2.24) is 4.90 Å². The molecule has 0 unspecified atom stereocenters. The molecule has 0 saturated carbocycles. The highest BCUT2D eigenvalue weighted by atomic mass is 127. The third-order valence-electron chi connectivity index (χ3n) is 1.56. The van der Waals surface area contributed by atoms with Crippen LogP contribution in [0.1, 0.15) is 26.7 Å². The molecule has 0 aliphatic carbocycles. The minimum atomic E-state index is 1.26. The van der Waals surface area contributed by atoms with E-state index in [2.05, 4.69) is 40.0 Å². The maximum atomic E-state index is 2.55. The summed E-state index contributed by atoms with van der Waals surface area (Å²) in [5, 5.41) is 0. The van der Waals surface area contributed by atoms with Crippen molar-refractivity contribution in [2.24, 2.45) is 0 Å². The zero-order valence-corrected chi connectivity index (χ0v) is 10.5. The highest BCUT2D eigenvalue weighted by Crippen LogP contribution is 2.10. The number of halogens is 1. The molecule has 0 aliphatic rings. The first kappa shape index (κ1) is 12.0. The van der Waals surface area contributed by atoms with Crippen molar-refractivity contribution in [3.8, 4) is 0 Å². The zero-order valence-electron chi connectivity index (χ0n) is 7.48. The summed E-state index contributed by atoms with van der Waals surface area (Å²) in [6.45, 7) is 8.30. The maximum absolute atomic E-state index is 2.55. The van der Waals surface area contributed by atoms with E-state index in [-0.39, 0.29) is 0 Å². The fourth-order valence-electron chi connectivity index (χ4n) is 1.13. The second-order valence-corrected chi connectivity index (χ2v) is 5.15. The molecule has 0 bridgehead atoms. The van der Waals surface area contributed by atoms with Crippen molar-refractivity contribution in [2.45, 2.75) is 26.7 Å². The van der Waals surface area contributed by atoms with Crippen LogP contribution in [0.4, 0.5) is 0 Å². The highest BCUT2D eigenvalue weighted by molar-refractivity contribution is 14.2. The summed E-state index contributed by atoms with van der Waals surface area (Å²) < 4.78 is 0. The SMILES string of the molecule is CCCN(CCC)CCSI. The summed E-state index contributed by atoms with van der Waals surface area (Å²) in [4.78, 5) is 2.55. The Kier molecular flexibility index (Phi) is 9.99. The van der Waals surface area contributed by atoms with Gasteiger partial charge in [0.25, 0.3) is 0 Å². The first-order chi connectivity index (χ1) is 5.35. The van der Waals surface area contributed by atoms with Gasteiger partial charge in [0.05, 0.1) is 0 Å². The maximum Gasteiger partial charge on any atom is 0.0161 e. The Labute approximate surface area is 86.9 Å². The molecular weight excluding hydrogens is 269 g/mol. The van der Waals surface area contributed by atoms with E-state index in [1.165, 1.54) is 38.2 Å². The molecule has 0 amide bonds. The molecule has 0 aliphatic heterocycles. The molecule has 0 spiro atoms. The molecule has 0 aromatic rings. The Bertz CT molecular complexity index is 74.5. The smallest absolute Gasteiger partial charge is 0.0161 e. The van der Waals surface area contributed by atoms with Crippen LogP contribution >= 0.6 is 30.1 Å². The van der Waals surface area contributed by atoms with Crippen LogP contribution in [0.25, 0.3) is 0 Å². The van der Waals surface area contributed by atoms with Gasteiger partial charge in [0.1, 0.15) is 0 Å². The van der Waals surface area contributed by atoms with Gasteiger partial charge in [0, 0.05) is 12.3 Å². The van der Waals surface area contributed by atoms with Crippen LogP contribution in [-0.2, 0) is 0 Å². The lowest BCUT2D eigenvalue weighted by Gasteiger charge is -2.19. The summed E-state index contributed by atoms with van der Waals surface area (Å²) in [5.41, 5.74) is 0. The van der Waals surface area contributed by atoms with Gasteiger partial charge in [-0.1, -0.05) is 22.8 Å². The first-order valence-electron chi connectivity index (χ1n) is 4.31. The van der Waals surface area contributed by atoms with E-state index in [0.717, 1.165) is 0 Å². The van der Waals surface area contributed by atoms with E-state index >= 15 is 0 Å². The Hall–Kier alpha value is 1.04. The van der Waals surface area contributed by atoms with Crippen molar-refractivity contribution in [1.29, 1.82) is 0 Å². The van der Waals surface area contributed by atoms with Crippen molar-refractivity contribution in [3.63, 3.8) is 0 Å². The largest absolute Gasteiger partial charge is 0.303 e. The minimum absolute atomic E-state index is 1.26. The Morgan fingerprint density at radius 2 is 1.64 bits per heavy atom. The van der Waals surface area contributed by atoms with Gasteiger partial charge in [-0.2, -0.15) is 0 Å². The predicted octanol–water partition coefficient (Wildman–Crippen LogP) is 3.19. The summed E-state index contributed by atoms with van der Waals surface area (Å²) in [6.07, 6.45) is 2.57. The molecule has 0 fully saturated rings. The van der Waals surface area contributed by atoms with Crippen molar-refractivity contribution >= 4 is 30.1 Å². The summed E-state index contributed by atoms with van der Waals surface area (Å²) in [5.74, 6) is 1.26. The minimum Gasteiger partial charge on any atom is -0.303 e. The molecule has 0 aromatic carbocycles. The molecule has 11 heavy (non-hydrogen) atoms. The van der Waals surface area contributed by atoms with Crippen LogP contribution < -0.4 is 0 Å². The average Bonchev–Trinajstić information content (AvgIpc) is 2.01. The number of hydrogen-bond acceptors (Lipinski definition) is 2. The average molecular weight is 287 g/mol. The van der Waals surface area contributed by atoms with E-state index < -0.39 is 0 Å². The van der Waals surface area contributed by atoms with Crippen molar-refractivity contribution in [2.75, 3.05) is 25.4 Å². The van der Waals surface area contributed by atoms with Crippen LogP contribution in [0, 0.1) is 0 Å². The monoisotopic (exact) mass is 287 g/mol. The number of rotatable bonds is 7. The van der Waals surface area contributed by atoms with Crippen molar-refractivity contribution in [3.05, 3.63) is 0 Å². The van der Waals surface area contributed by atoms with Crippen LogP contribution in [-0.4, -0.2) is 30.3 Å². The lowest BCUT2D eigenvalue weighted by Crippen LogP contribution is -2.27. The Morgan fingerprint density at radius 1 is 1.09 bits per heavy atom. The van der Waals surface area contributed by atoms with E-state index in [1.807, 2.05) is 8.93 Å². The lowest BCUT2D eigenvalue weighted by molar-refractivity contribution is 0.292. The van der Waals surface area contributed by atoms with Gasteiger partial charge in [-0.3, -0.25) is 0 Å². The first-order valence-corrected chi connectivity index (χ1v) is 7.83. The standard InChI is InChI=1S/C8H18INS/c1-3-5-10(6-4-2)7-8-11-9/h3-8H2,1-2H3. The fraction of sp³-hybridized carbons (Fsp3) is 1.00. The molecule has 0 rings (SSSR count). The van der Waals surface area contributed by atoms with Gasteiger partial charge in [-0.15, -0.1) is 0 Å². The van der Waals surface area contributed by atoms with Crippen LogP contribution in [0.3, 0.4) is 0 Å². The van der Waals surface area contributed by atoms with E-state index in [0.29, 0.717) is 0 Å². The fourth-order valence-corrected chi connectivity index (χ4v) is 2.05. The van der Waals surface area contributed by atoms with Gasteiger partial charge in [0.15, 0.2) is 0 Å². The molecule has 0 radical (unpaired) electrons. The van der Waals surface area contributed by atoms with Gasteiger partial charge in [0.2, 0.25) is 0 Å². The molecule has 0 saturated heterocycles. The molecule has 0 N–H and O–H groups in total. The normalized spacial score (nSPS) is 10.9. The number of hydrogen-bond donors (Lipinski definition) is 0. The zero-order chi connectivity index (χ0) is 8.53. The predicted molar refractivity (Wildman–Crippen MR) is 63.5 cm³/mol. The summed E-state index contributed by atoms with van der Waals surface area (Å²) in [7, 11) is 1.91. The molecule has 0 aromatic heterocycles. The lowest BCUT2D eigenvalue weighted by atomic mass is 10.3. The number of nitrogens with zero attached hydrogens (tertiary/aromatic N) is 1. The summed E-state index contributed by atoms with van der Waals surface area (Å²) >= 11 is 2.37. The van der Waals surface area contributed by atoms with Gasteiger partial charge in [-0.05, 0) is 47.1 Å². The van der Waals surface area contributed by atoms with Gasteiger partial charge in [-0.25, -0.2) is 0 Å².